The quantitative estimate of drug-likeness (QED) is 0.295. The number of aromatic nitrogens is 1. The van der Waals surface area contributed by atoms with E-state index in [2.05, 4.69) is 10.3 Å². The molecule has 3 aromatic carbocycles. The molecule has 4 aromatic rings. The normalized spacial score (nSPS) is 11.1. The van der Waals surface area contributed by atoms with Gasteiger partial charge in [0, 0.05) is 41.9 Å². The molecule has 0 saturated carbocycles. The Morgan fingerprint density at radius 3 is 2.43 bits per heavy atom. The zero-order chi connectivity index (χ0) is 26.4. The molecule has 2 N–H and O–H groups in total. The number of carbonyl (C=O) groups excluding carboxylic acids is 2. The number of para-hydroxylation sites is 1. The van der Waals surface area contributed by atoms with Crippen molar-refractivity contribution in [3.63, 3.8) is 0 Å². The van der Waals surface area contributed by atoms with Crippen molar-refractivity contribution in [2.45, 2.75) is 32.9 Å². The molecule has 6 nitrogen and oxygen atoms in total. The first-order valence-electron chi connectivity index (χ1n) is 12.2. The summed E-state index contributed by atoms with van der Waals surface area (Å²) in [6, 6.07) is 18.8. The Kier molecular flexibility index (Phi) is 8.18. The van der Waals surface area contributed by atoms with E-state index in [0.717, 1.165) is 22.0 Å². The number of halogens is 2. The van der Waals surface area contributed by atoms with Crippen LogP contribution in [-0.2, 0) is 17.8 Å². The fourth-order valence-corrected chi connectivity index (χ4v) is 4.19. The molecule has 0 fully saturated rings. The molecule has 192 valence electrons. The van der Waals surface area contributed by atoms with Crippen molar-refractivity contribution in [1.82, 2.24) is 14.8 Å². The van der Waals surface area contributed by atoms with Gasteiger partial charge in [-0.3, -0.25) is 4.79 Å². The Balaban J connectivity index is 1.51. The van der Waals surface area contributed by atoms with Gasteiger partial charge in [-0.15, -0.1) is 0 Å². The lowest BCUT2D eigenvalue weighted by Gasteiger charge is -2.30. The highest BCUT2D eigenvalue weighted by Crippen LogP contribution is 2.19. The summed E-state index contributed by atoms with van der Waals surface area (Å²) in [4.78, 5) is 32.9. The number of anilines is 1. The number of urea groups is 1. The molecule has 0 unspecified atom stereocenters. The van der Waals surface area contributed by atoms with Gasteiger partial charge in [0.1, 0.15) is 18.2 Å². The Labute approximate surface area is 214 Å². The van der Waals surface area contributed by atoms with E-state index in [4.69, 9.17) is 0 Å². The molecule has 1 heterocycles. The number of amides is 3. The highest BCUT2D eigenvalue weighted by Gasteiger charge is 2.24. The van der Waals surface area contributed by atoms with Crippen LogP contribution >= 0.6 is 0 Å². The summed E-state index contributed by atoms with van der Waals surface area (Å²) >= 11 is 0. The lowest BCUT2D eigenvalue weighted by molar-refractivity contribution is -0.132. The van der Waals surface area contributed by atoms with Gasteiger partial charge in [0.05, 0.1) is 0 Å². The molecule has 0 bridgehead atoms. The number of aromatic amines is 1. The third kappa shape index (κ3) is 6.73. The van der Waals surface area contributed by atoms with E-state index < -0.39 is 11.8 Å². The topological polar surface area (TPSA) is 68.4 Å². The molecular formula is C29H30F2N4O2. The summed E-state index contributed by atoms with van der Waals surface area (Å²) in [6.45, 7) is 4.16. The number of hydrogen-bond donors (Lipinski definition) is 2. The Bertz CT molecular complexity index is 1370. The zero-order valence-corrected chi connectivity index (χ0v) is 20.9. The minimum Gasteiger partial charge on any atom is -0.361 e. The number of fused-ring (bicyclic) bond motifs is 1. The first-order valence-corrected chi connectivity index (χ1v) is 12.2. The van der Waals surface area contributed by atoms with E-state index >= 15 is 0 Å². The standard InChI is InChI=1S/C29H30F2N4O2/c1-20(2)35(29(37)33-25-7-5-6-24(31)16-25)19-28(36)34(18-21-10-12-23(30)13-11-21)15-14-22-17-32-27-9-4-3-8-26(22)27/h3-13,16-17,20,32H,14-15,18-19H2,1-2H3,(H,33,37). The van der Waals surface area contributed by atoms with Crippen molar-refractivity contribution >= 4 is 28.5 Å². The number of carbonyl (C=O) groups is 2. The molecule has 0 spiro atoms. The highest BCUT2D eigenvalue weighted by atomic mass is 19.1. The fraction of sp³-hybridized carbons (Fsp3) is 0.241. The third-order valence-corrected chi connectivity index (χ3v) is 6.23. The second-order valence-corrected chi connectivity index (χ2v) is 9.21. The van der Waals surface area contributed by atoms with E-state index in [1.165, 1.54) is 35.2 Å². The van der Waals surface area contributed by atoms with Crippen molar-refractivity contribution in [1.29, 1.82) is 0 Å². The first-order chi connectivity index (χ1) is 17.8. The summed E-state index contributed by atoms with van der Waals surface area (Å²) in [5, 5.41) is 3.76. The number of rotatable bonds is 9. The van der Waals surface area contributed by atoms with Gasteiger partial charge in [-0.2, -0.15) is 0 Å². The van der Waals surface area contributed by atoms with Crippen LogP contribution in [0.15, 0.2) is 79.0 Å². The minimum atomic E-state index is -0.493. The van der Waals surface area contributed by atoms with Gasteiger partial charge in [-0.25, -0.2) is 13.6 Å². The molecule has 0 atom stereocenters. The predicted octanol–water partition coefficient (Wildman–Crippen LogP) is 5.96. The number of benzene rings is 3. The van der Waals surface area contributed by atoms with Gasteiger partial charge in [0.25, 0.3) is 0 Å². The second-order valence-electron chi connectivity index (χ2n) is 9.21. The number of hydrogen-bond acceptors (Lipinski definition) is 2. The molecule has 0 saturated heterocycles. The van der Waals surface area contributed by atoms with Crippen LogP contribution in [-0.4, -0.2) is 45.9 Å². The van der Waals surface area contributed by atoms with Crippen LogP contribution in [0.3, 0.4) is 0 Å². The van der Waals surface area contributed by atoms with Gasteiger partial charge >= 0.3 is 6.03 Å². The summed E-state index contributed by atoms with van der Waals surface area (Å²) in [6.07, 6.45) is 2.55. The van der Waals surface area contributed by atoms with E-state index in [9.17, 15) is 18.4 Å². The Morgan fingerprint density at radius 1 is 0.946 bits per heavy atom. The average Bonchev–Trinajstić information content (AvgIpc) is 3.29. The maximum Gasteiger partial charge on any atom is 0.322 e. The molecular weight excluding hydrogens is 474 g/mol. The summed E-state index contributed by atoms with van der Waals surface area (Å²) in [5.74, 6) is -1.06. The Morgan fingerprint density at radius 2 is 1.70 bits per heavy atom. The van der Waals surface area contributed by atoms with E-state index in [1.54, 1.807) is 23.1 Å². The maximum atomic E-state index is 13.6. The van der Waals surface area contributed by atoms with Gasteiger partial charge < -0.3 is 20.1 Å². The SMILES string of the molecule is CC(C)N(CC(=O)N(CCc1c[nH]c2ccccc12)Cc1ccc(F)cc1)C(=O)Nc1cccc(F)c1. The average molecular weight is 505 g/mol. The zero-order valence-electron chi connectivity index (χ0n) is 20.9. The van der Waals surface area contributed by atoms with Crippen LogP contribution in [0.2, 0.25) is 0 Å². The first kappa shape index (κ1) is 25.9. The van der Waals surface area contributed by atoms with Crippen LogP contribution in [0.4, 0.5) is 19.3 Å². The largest absolute Gasteiger partial charge is 0.361 e. The molecule has 4 rings (SSSR count). The second kappa shape index (κ2) is 11.7. The summed E-state index contributed by atoms with van der Waals surface area (Å²) < 4.78 is 27.0. The molecule has 37 heavy (non-hydrogen) atoms. The summed E-state index contributed by atoms with van der Waals surface area (Å²) in [5.41, 5.74) is 3.20. The molecule has 0 aliphatic heterocycles. The molecule has 0 aliphatic carbocycles. The van der Waals surface area contributed by atoms with E-state index in [-0.39, 0.29) is 30.9 Å². The number of H-pyrrole nitrogens is 1. The third-order valence-electron chi connectivity index (χ3n) is 6.23. The fourth-order valence-electron chi connectivity index (χ4n) is 4.19. The van der Waals surface area contributed by atoms with Crippen LogP contribution in [0.1, 0.15) is 25.0 Å². The van der Waals surface area contributed by atoms with Crippen molar-refractivity contribution in [2.75, 3.05) is 18.4 Å². The van der Waals surface area contributed by atoms with Crippen LogP contribution in [0, 0.1) is 11.6 Å². The lowest BCUT2D eigenvalue weighted by Crippen LogP contribution is -2.47. The van der Waals surface area contributed by atoms with Gasteiger partial charge in [-0.1, -0.05) is 36.4 Å². The number of nitrogens with one attached hydrogen (secondary N) is 2. The molecule has 1 aromatic heterocycles. The van der Waals surface area contributed by atoms with Crippen LogP contribution in [0.5, 0.6) is 0 Å². The minimum absolute atomic E-state index is 0.159. The lowest BCUT2D eigenvalue weighted by atomic mass is 10.1. The molecule has 0 aliphatic rings. The highest BCUT2D eigenvalue weighted by molar-refractivity contribution is 5.92. The van der Waals surface area contributed by atoms with Crippen LogP contribution in [0.25, 0.3) is 10.9 Å². The maximum absolute atomic E-state index is 13.6. The van der Waals surface area contributed by atoms with E-state index in [1.807, 2.05) is 44.3 Å². The Hall–Kier alpha value is -4.20. The monoisotopic (exact) mass is 504 g/mol. The van der Waals surface area contributed by atoms with Gasteiger partial charge in [-0.05, 0) is 67.8 Å². The van der Waals surface area contributed by atoms with Gasteiger partial charge in [0.2, 0.25) is 5.91 Å². The number of nitrogens with zero attached hydrogens (tertiary/aromatic N) is 2. The predicted molar refractivity (Wildman–Crippen MR) is 141 cm³/mol. The van der Waals surface area contributed by atoms with Crippen molar-refractivity contribution in [3.8, 4) is 0 Å². The summed E-state index contributed by atoms with van der Waals surface area (Å²) in [7, 11) is 0. The van der Waals surface area contributed by atoms with Crippen molar-refractivity contribution in [2.24, 2.45) is 0 Å². The molecule has 8 heteroatoms. The van der Waals surface area contributed by atoms with E-state index in [0.29, 0.717) is 18.7 Å². The van der Waals surface area contributed by atoms with Crippen molar-refractivity contribution in [3.05, 3.63) is 102 Å². The van der Waals surface area contributed by atoms with Crippen molar-refractivity contribution < 1.29 is 18.4 Å². The molecule has 0 radical (unpaired) electrons. The smallest absolute Gasteiger partial charge is 0.322 e. The van der Waals surface area contributed by atoms with Crippen LogP contribution < -0.4 is 5.32 Å². The van der Waals surface area contributed by atoms with Gasteiger partial charge in [0.15, 0.2) is 0 Å². The molecule has 3 amide bonds.